The fourth-order valence-corrected chi connectivity index (χ4v) is 4.79. The first-order valence-electron chi connectivity index (χ1n) is 5.92. The van der Waals surface area contributed by atoms with Gasteiger partial charge in [0.15, 0.2) is 0 Å². The Hall–Kier alpha value is -0.120. The molecule has 0 heterocycles. The van der Waals surface area contributed by atoms with Crippen LogP contribution in [0.5, 0.6) is 0 Å². The predicted molar refractivity (Wildman–Crippen MR) is 57.6 cm³/mol. The van der Waals surface area contributed by atoms with Gasteiger partial charge in [-0.2, -0.15) is 0 Å². The fourth-order valence-electron chi connectivity index (χ4n) is 4.79. The zero-order valence-corrected chi connectivity index (χ0v) is 9.71. The van der Waals surface area contributed by atoms with Gasteiger partial charge in [-0.3, -0.25) is 0 Å². The molecular weight excluding hydrogens is 190 g/mol. The topological polar surface area (TPSA) is 44.5 Å². The molecule has 4 aliphatic rings. The van der Waals surface area contributed by atoms with Gasteiger partial charge in [-0.05, 0) is 38.0 Å². The first-order chi connectivity index (χ1) is 7.03. The Kier molecular flexibility index (Phi) is 1.85. The van der Waals surface area contributed by atoms with Crippen molar-refractivity contribution < 1.29 is 9.47 Å². The van der Waals surface area contributed by atoms with Gasteiger partial charge in [0.05, 0.1) is 11.2 Å². The molecule has 15 heavy (non-hydrogen) atoms. The molecule has 0 saturated heterocycles. The van der Waals surface area contributed by atoms with Crippen molar-refractivity contribution in [2.45, 2.75) is 55.3 Å². The summed E-state index contributed by atoms with van der Waals surface area (Å²) in [6.45, 7) is 0. The second-order valence-corrected chi connectivity index (χ2v) is 6.15. The summed E-state index contributed by atoms with van der Waals surface area (Å²) in [5.41, 5.74) is 6.50. The molecule has 0 radical (unpaired) electrons. The van der Waals surface area contributed by atoms with Gasteiger partial charge in [0.25, 0.3) is 0 Å². The van der Waals surface area contributed by atoms with E-state index in [4.69, 9.17) is 15.2 Å². The monoisotopic (exact) mass is 211 g/mol. The van der Waals surface area contributed by atoms with Crippen molar-refractivity contribution in [2.75, 3.05) is 14.2 Å². The predicted octanol–water partition coefficient (Wildman–Crippen LogP) is 1.45. The van der Waals surface area contributed by atoms with E-state index in [1.54, 1.807) is 0 Å². The maximum Gasteiger partial charge on any atom is 0.0726 e. The minimum absolute atomic E-state index is 0.0180. The molecular formula is C12H21NO2. The Labute approximate surface area is 91.3 Å². The van der Waals surface area contributed by atoms with Crippen LogP contribution in [0.4, 0.5) is 0 Å². The summed E-state index contributed by atoms with van der Waals surface area (Å²) in [6, 6.07) is 0. The molecule has 4 rings (SSSR count). The molecule has 3 heteroatoms. The molecule has 0 aromatic rings. The fraction of sp³-hybridized carbons (Fsp3) is 1.00. The van der Waals surface area contributed by atoms with Gasteiger partial charge in [-0.25, -0.2) is 0 Å². The molecule has 0 amide bonds. The molecule has 2 N–H and O–H groups in total. The smallest absolute Gasteiger partial charge is 0.0726 e. The number of rotatable bonds is 2. The van der Waals surface area contributed by atoms with Gasteiger partial charge < -0.3 is 15.2 Å². The van der Waals surface area contributed by atoms with Crippen LogP contribution >= 0.6 is 0 Å². The molecule has 0 aromatic carbocycles. The van der Waals surface area contributed by atoms with Crippen LogP contribution in [0.1, 0.15) is 38.5 Å². The first-order valence-corrected chi connectivity index (χ1v) is 5.92. The molecule has 2 unspecified atom stereocenters. The van der Waals surface area contributed by atoms with Crippen LogP contribution in [0.2, 0.25) is 0 Å². The number of hydrogen-bond acceptors (Lipinski definition) is 3. The van der Waals surface area contributed by atoms with E-state index in [2.05, 4.69) is 0 Å². The molecule has 0 aromatic heterocycles. The second-order valence-electron chi connectivity index (χ2n) is 6.15. The molecule has 4 aliphatic carbocycles. The lowest BCUT2D eigenvalue weighted by atomic mass is 9.49. The minimum Gasteiger partial charge on any atom is -0.378 e. The molecule has 0 spiro atoms. The van der Waals surface area contributed by atoms with Crippen LogP contribution in [0, 0.1) is 5.92 Å². The quantitative estimate of drug-likeness (QED) is 0.752. The average molecular weight is 211 g/mol. The van der Waals surface area contributed by atoms with Crippen molar-refractivity contribution in [1.29, 1.82) is 0 Å². The zero-order chi connectivity index (χ0) is 10.7. The third-order valence-electron chi connectivity index (χ3n) is 4.88. The maximum absolute atomic E-state index is 6.48. The lowest BCUT2D eigenvalue weighted by molar-refractivity contribution is -0.225. The molecule has 4 bridgehead atoms. The highest BCUT2D eigenvalue weighted by atomic mass is 16.5. The molecule has 2 atom stereocenters. The van der Waals surface area contributed by atoms with Crippen molar-refractivity contribution in [3.63, 3.8) is 0 Å². The second kappa shape index (κ2) is 2.76. The molecule has 86 valence electrons. The summed E-state index contributed by atoms with van der Waals surface area (Å²) < 4.78 is 11.6. The first kappa shape index (κ1) is 10.1. The van der Waals surface area contributed by atoms with Gasteiger partial charge in [0.1, 0.15) is 0 Å². The van der Waals surface area contributed by atoms with Crippen LogP contribution in [0.3, 0.4) is 0 Å². The normalized spacial score (nSPS) is 57.4. The van der Waals surface area contributed by atoms with Gasteiger partial charge in [0.2, 0.25) is 0 Å². The highest BCUT2D eigenvalue weighted by Gasteiger charge is 2.63. The summed E-state index contributed by atoms with van der Waals surface area (Å²) in [7, 11) is 3.67. The summed E-state index contributed by atoms with van der Waals surface area (Å²) in [5.74, 6) is 0.714. The van der Waals surface area contributed by atoms with E-state index in [0.29, 0.717) is 5.92 Å². The largest absolute Gasteiger partial charge is 0.378 e. The van der Waals surface area contributed by atoms with E-state index in [-0.39, 0.29) is 16.7 Å². The number of ether oxygens (including phenoxy) is 2. The number of nitrogens with two attached hydrogens (primary N) is 1. The van der Waals surface area contributed by atoms with E-state index in [0.717, 1.165) is 19.3 Å². The van der Waals surface area contributed by atoms with Crippen molar-refractivity contribution in [1.82, 2.24) is 0 Å². The Morgan fingerprint density at radius 2 is 1.47 bits per heavy atom. The highest BCUT2D eigenvalue weighted by molar-refractivity contribution is 5.18. The highest BCUT2D eigenvalue weighted by Crippen LogP contribution is 2.60. The van der Waals surface area contributed by atoms with Crippen LogP contribution in [0.25, 0.3) is 0 Å². The van der Waals surface area contributed by atoms with Crippen molar-refractivity contribution in [2.24, 2.45) is 11.7 Å². The van der Waals surface area contributed by atoms with Crippen LogP contribution in [-0.4, -0.2) is 31.0 Å². The van der Waals surface area contributed by atoms with Crippen LogP contribution in [0.15, 0.2) is 0 Å². The van der Waals surface area contributed by atoms with E-state index < -0.39 is 0 Å². The van der Waals surface area contributed by atoms with E-state index >= 15 is 0 Å². The maximum atomic E-state index is 6.48. The Morgan fingerprint density at radius 3 is 1.87 bits per heavy atom. The average Bonchev–Trinajstić information content (AvgIpc) is 2.14. The molecule has 4 fully saturated rings. The van der Waals surface area contributed by atoms with E-state index in [1.807, 2.05) is 14.2 Å². The van der Waals surface area contributed by atoms with Gasteiger partial charge in [-0.15, -0.1) is 0 Å². The Bertz CT molecular complexity index is 271. The van der Waals surface area contributed by atoms with Crippen molar-refractivity contribution in [3.8, 4) is 0 Å². The van der Waals surface area contributed by atoms with E-state index in [9.17, 15) is 0 Å². The Morgan fingerprint density at radius 1 is 0.933 bits per heavy atom. The van der Waals surface area contributed by atoms with Crippen molar-refractivity contribution >= 4 is 0 Å². The number of methoxy groups -OCH3 is 2. The lowest BCUT2D eigenvalue weighted by Gasteiger charge is -2.64. The third kappa shape index (κ3) is 1.30. The number of hydrogen-bond donors (Lipinski definition) is 1. The minimum atomic E-state index is -0.0224. The lowest BCUT2D eigenvalue weighted by Crippen LogP contribution is -2.69. The summed E-state index contributed by atoms with van der Waals surface area (Å²) in [5, 5.41) is 0. The molecule has 0 aliphatic heterocycles. The van der Waals surface area contributed by atoms with Crippen LogP contribution in [-0.2, 0) is 9.47 Å². The van der Waals surface area contributed by atoms with E-state index in [1.165, 1.54) is 19.3 Å². The SMILES string of the molecule is COC12CC3CC(N)(C1)CC(OC)(C3)C2. The third-order valence-corrected chi connectivity index (χ3v) is 4.88. The summed E-state index contributed by atoms with van der Waals surface area (Å²) in [6.07, 6.45) is 6.64. The van der Waals surface area contributed by atoms with Gasteiger partial charge >= 0.3 is 0 Å². The molecule has 3 nitrogen and oxygen atoms in total. The zero-order valence-electron chi connectivity index (χ0n) is 9.71. The van der Waals surface area contributed by atoms with Gasteiger partial charge in [0, 0.05) is 26.2 Å². The van der Waals surface area contributed by atoms with Gasteiger partial charge in [-0.1, -0.05) is 0 Å². The van der Waals surface area contributed by atoms with Crippen molar-refractivity contribution in [3.05, 3.63) is 0 Å². The van der Waals surface area contributed by atoms with Crippen LogP contribution < -0.4 is 5.73 Å². The molecule has 4 saturated carbocycles. The Balaban J connectivity index is 2.00. The standard InChI is InChI=1S/C12H21NO2/c1-14-11-4-9-3-10(13,6-11)7-12(5-9,8-11)15-2/h9H,3-8,13H2,1-2H3. The summed E-state index contributed by atoms with van der Waals surface area (Å²) >= 11 is 0. The summed E-state index contributed by atoms with van der Waals surface area (Å²) in [4.78, 5) is 0.